The van der Waals surface area contributed by atoms with Gasteiger partial charge in [0.1, 0.15) is 5.71 Å². The number of nitrogens with one attached hydrogen (secondary N) is 1. The van der Waals surface area contributed by atoms with Gasteiger partial charge in [0.15, 0.2) is 0 Å². The fourth-order valence-corrected chi connectivity index (χ4v) is 3.20. The zero-order valence-electron chi connectivity index (χ0n) is 11.8. The Labute approximate surface area is 132 Å². The van der Waals surface area contributed by atoms with Crippen LogP contribution in [0.4, 0.5) is 0 Å². The number of aliphatic imine (C=N–C) groups is 1. The van der Waals surface area contributed by atoms with Gasteiger partial charge in [-0.3, -0.25) is 9.79 Å². The number of Topliss-reactive ketones (excluding diaryl/α,β-unsaturated/α-hetero) is 1. The van der Waals surface area contributed by atoms with Gasteiger partial charge in [-0.25, -0.2) is 0 Å². The molecule has 1 aromatic heterocycles. The lowest BCUT2D eigenvalue weighted by Gasteiger charge is -2.13. The topological polar surface area (TPSA) is 45.2 Å². The lowest BCUT2D eigenvalue weighted by molar-refractivity contribution is 0.106. The molecule has 3 nitrogen and oxygen atoms in total. The molecule has 108 valence electrons. The van der Waals surface area contributed by atoms with E-state index in [0.29, 0.717) is 22.8 Å². The van der Waals surface area contributed by atoms with Gasteiger partial charge < -0.3 is 4.98 Å². The molecule has 0 aliphatic carbocycles. The predicted molar refractivity (Wildman–Crippen MR) is 89.2 cm³/mol. The molecule has 0 amide bonds. The van der Waals surface area contributed by atoms with Crippen molar-refractivity contribution >= 4 is 34.0 Å². The summed E-state index contributed by atoms with van der Waals surface area (Å²) in [5, 5.41) is 1.62. The van der Waals surface area contributed by atoms with Crippen LogP contribution in [-0.2, 0) is 6.42 Å². The van der Waals surface area contributed by atoms with Crippen LogP contribution in [0.5, 0.6) is 0 Å². The molecular weight excluding hydrogens is 296 g/mol. The maximum Gasteiger partial charge on any atom is 0.214 e. The van der Waals surface area contributed by atoms with Crippen LogP contribution in [0, 0.1) is 0 Å². The highest BCUT2D eigenvalue weighted by Crippen LogP contribution is 2.28. The minimum Gasteiger partial charge on any atom is -0.353 e. The highest BCUT2D eigenvalue weighted by Gasteiger charge is 2.26. The van der Waals surface area contributed by atoms with Crippen molar-refractivity contribution in [3.63, 3.8) is 0 Å². The highest BCUT2D eigenvalue weighted by atomic mass is 35.5. The van der Waals surface area contributed by atoms with Crippen molar-refractivity contribution in [1.29, 1.82) is 0 Å². The van der Waals surface area contributed by atoms with Gasteiger partial charge in [0.2, 0.25) is 5.78 Å². The number of carbonyl (C=O) groups excluding carboxylic acids is 1. The Morgan fingerprint density at radius 2 is 1.86 bits per heavy atom. The van der Waals surface area contributed by atoms with E-state index in [-0.39, 0.29) is 5.78 Å². The first-order valence-electron chi connectivity index (χ1n) is 7.19. The summed E-state index contributed by atoms with van der Waals surface area (Å²) in [6, 6.07) is 15.2. The van der Waals surface area contributed by atoms with Crippen LogP contribution in [0.25, 0.3) is 10.9 Å². The van der Waals surface area contributed by atoms with Gasteiger partial charge in [0, 0.05) is 23.0 Å². The summed E-state index contributed by atoms with van der Waals surface area (Å²) < 4.78 is 0. The fourth-order valence-electron chi connectivity index (χ4n) is 2.98. The number of rotatable bonds is 2. The van der Waals surface area contributed by atoms with E-state index in [0.717, 1.165) is 23.0 Å². The Morgan fingerprint density at radius 3 is 2.73 bits per heavy atom. The van der Waals surface area contributed by atoms with E-state index in [1.54, 1.807) is 12.1 Å². The molecule has 0 spiro atoms. The summed E-state index contributed by atoms with van der Waals surface area (Å²) >= 11 is 6.16. The number of halogens is 1. The molecule has 1 aliphatic rings. The van der Waals surface area contributed by atoms with Crippen molar-refractivity contribution in [3.05, 3.63) is 70.4 Å². The lowest BCUT2D eigenvalue weighted by Crippen LogP contribution is -2.22. The number of carbonyl (C=O) groups is 1. The molecule has 1 aliphatic heterocycles. The standard InChI is InChI=1S/C18H13ClN2O/c19-14-7-3-1-6-13(14)18(22)17-16-12(9-10-20-17)11-5-2-4-8-15(11)21-16/h1-8,21H,9-10H2. The number of hydrogen-bond acceptors (Lipinski definition) is 2. The van der Waals surface area contributed by atoms with Crippen LogP contribution in [-0.4, -0.2) is 23.0 Å². The summed E-state index contributed by atoms with van der Waals surface area (Å²) in [6.45, 7) is 0.625. The highest BCUT2D eigenvalue weighted by molar-refractivity contribution is 6.54. The average Bonchev–Trinajstić information content (AvgIpc) is 2.93. The van der Waals surface area contributed by atoms with Gasteiger partial charge in [0.05, 0.1) is 10.7 Å². The van der Waals surface area contributed by atoms with E-state index in [1.807, 2.05) is 30.3 Å². The largest absolute Gasteiger partial charge is 0.353 e. The summed E-state index contributed by atoms with van der Waals surface area (Å²) in [5.41, 5.74) is 4.01. The van der Waals surface area contributed by atoms with Crippen LogP contribution >= 0.6 is 11.6 Å². The normalized spacial score (nSPS) is 13.8. The first-order chi connectivity index (χ1) is 10.8. The number of hydrogen-bond donors (Lipinski definition) is 1. The van der Waals surface area contributed by atoms with Crippen LogP contribution < -0.4 is 0 Å². The third kappa shape index (κ3) is 1.97. The van der Waals surface area contributed by atoms with Crippen molar-refractivity contribution in [2.45, 2.75) is 6.42 Å². The fraction of sp³-hybridized carbons (Fsp3) is 0.111. The summed E-state index contributed by atoms with van der Waals surface area (Å²) in [4.78, 5) is 20.6. The van der Waals surface area contributed by atoms with Gasteiger partial charge in [0.25, 0.3) is 0 Å². The Kier molecular flexibility index (Phi) is 3.09. The Morgan fingerprint density at radius 1 is 1.09 bits per heavy atom. The molecule has 0 bridgehead atoms. The lowest BCUT2D eigenvalue weighted by atomic mass is 9.97. The quantitative estimate of drug-likeness (QED) is 0.713. The SMILES string of the molecule is O=C(C1=NCCc2c1[nH]c1ccccc21)c1ccccc1Cl. The number of aromatic amines is 1. The summed E-state index contributed by atoms with van der Waals surface area (Å²) in [7, 11) is 0. The number of nitrogens with zero attached hydrogens (tertiary/aromatic N) is 1. The van der Waals surface area contributed by atoms with E-state index in [1.165, 1.54) is 5.56 Å². The molecular formula is C18H13ClN2O. The predicted octanol–water partition coefficient (Wildman–Crippen LogP) is 4.05. The molecule has 0 atom stereocenters. The minimum atomic E-state index is -0.127. The third-order valence-electron chi connectivity index (χ3n) is 4.02. The molecule has 3 aromatic rings. The molecule has 0 radical (unpaired) electrons. The first-order valence-corrected chi connectivity index (χ1v) is 7.57. The second-order valence-corrected chi connectivity index (χ2v) is 5.72. The van der Waals surface area contributed by atoms with Crippen LogP contribution in [0.15, 0.2) is 53.5 Å². The smallest absolute Gasteiger partial charge is 0.214 e. The molecule has 4 rings (SSSR count). The molecule has 1 N–H and O–H groups in total. The molecule has 0 saturated carbocycles. The van der Waals surface area contributed by atoms with Crippen molar-refractivity contribution < 1.29 is 4.79 Å². The van der Waals surface area contributed by atoms with Gasteiger partial charge in [-0.05, 0) is 30.2 Å². The third-order valence-corrected chi connectivity index (χ3v) is 4.35. The molecule has 22 heavy (non-hydrogen) atoms. The van der Waals surface area contributed by atoms with E-state index in [2.05, 4.69) is 16.0 Å². The number of ketones is 1. The minimum absolute atomic E-state index is 0.127. The molecule has 4 heteroatoms. The zero-order chi connectivity index (χ0) is 15.1. The molecule has 0 saturated heterocycles. The molecule has 2 aromatic carbocycles. The molecule has 0 fully saturated rings. The van der Waals surface area contributed by atoms with Crippen LogP contribution in [0.3, 0.4) is 0 Å². The molecule has 2 heterocycles. The first kappa shape index (κ1) is 13.3. The van der Waals surface area contributed by atoms with Crippen molar-refractivity contribution in [2.75, 3.05) is 6.54 Å². The monoisotopic (exact) mass is 308 g/mol. The van der Waals surface area contributed by atoms with Crippen LogP contribution in [0.2, 0.25) is 5.02 Å². The second kappa shape index (κ2) is 5.11. The van der Waals surface area contributed by atoms with Crippen LogP contribution in [0.1, 0.15) is 21.6 Å². The maximum absolute atomic E-state index is 12.8. The molecule has 0 unspecified atom stereocenters. The zero-order valence-corrected chi connectivity index (χ0v) is 12.5. The van der Waals surface area contributed by atoms with Gasteiger partial charge in [-0.15, -0.1) is 0 Å². The summed E-state index contributed by atoms with van der Waals surface area (Å²) in [5.74, 6) is -0.127. The van der Waals surface area contributed by atoms with Crippen molar-refractivity contribution in [2.24, 2.45) is 4.99 Å². The van der Waals surface area contributed by atoms with Crippen molar-refractivity contribution in [3.8, 4) is 0 Å². The van der Waals surface area contributed by atoms with E-state index < -0.39 is 0 Å². The van der Waals surface area contributed by atoms with E-state index in [4.69, 9.17) is 11.6 Å². The average molecular weight is 309 g/mol. The number of H-pyrrole nitrogens is 1. The number of para-hydroxylation sites is 1. The van der Waals surface area contributed by atoms with Gasteiger partial charge >= 0.3 is 0 Å². The van der Waals surface area contributed by atoms with Gasteiger partial charge in [-0.2, -0.15) is 0 Å². The number of aromatic nitrogens is 1. The Bertz CT molecular complexity index is 924. The van der Waals surface area contributed by atoms with Crippen molar-refractivity contribution in [1.82, 2.24) is 4.98 Å². The van der Waals surface area contributed by atoms with Gasteiger partial charge in [-0.1, -0.05) is 41.9 Å². The Hall–Kier alpha value is -2.39. The second-order valence-electron chi connectivity index (χ2n) is 5.31. The Balaban J connectivity index is 1.87. The maximum atomic E-state index is 12.8. The van der Waals surface area contributed by atoms with E-state index >= 15 is 0 Å². The summed E-state index contributed by atoms with van der Waals surface area (Å²) in [6.07, 6.45) is 0.846. The number of benzene rings is 2. The van der Waals surface area contributed by atoms with E-state index in [9.17, 15) is 4.79 Å². The number of fused-ring (bicyclic) bond motifs is 3.